The van der Waals surface area contributed by atoms with Crippen molar-refractivity contribution >= 4 is 6.03 Å². The largest absolute Gasteiger partial charge is 0.393 e. The topological polar surface area (TPSA) is 43.8 Å². The van der Waals surface area contributed by atoms with Gasteiger partial charge < -0.3 is 14.9 Å². The first-order chi connectivity index (χ1) is 6.18. The summed E-state index contributed by atoms with van der Waals surface area (Å²) < 4.78 is 0. The average molecular weight is 184 g/mol. The van der Waals surface area contributed by atoms with Gasteiger partial charge in [0.25, 0.3) is 0 Å². The number of aliphatic hydroxyl groups excluding tert-OH is 1. The molecule has 2 heterocycles. The molecule has 2 aliphatic heterocycles. The number of hydrogen-bond acceptors (Lipinski definition) is 2. The van der Waals surface area contributed by atoms with Gasteiger partial charge in [-0.1, -0.05) is 0 Å². The molecule has 0 aromatic rings. The van der Waals surface area contributed by atoms with E-state index in [2.05, 4.69) is 0 Å². The van der Waals surface area contributed by atoms with E-state index < -0.39 is 0 Å². The van der Waals surface area contributed by atoms with Crippen molar-refractivity contribution < 1.29 is 9.90 Å². The van der Waals surface area contributed by atoms with E-state index in [1.165, 1.54) is 0 Å². The molecular weight excluding hydrogens is 168 g/mol. The molecule has 74 valence electrons. The summed E-state index contributed by atoms with van der Waals surface area (Å²) in [7, 11) is 1.84. The molecule has 2 amide bonds. The van der Waals surface area contributed by atoms with E-state index in [1.807, 2.05) is 11.9 Å². The molecule has 0 aromatic carbocycles. The summed E-state index contributed by atoms with van der Waals surface area (Å²) in [6, 6.07) is 0.413. The van der Waals surface area contributed by atoms with Crippen molar-refractivity contribution in [3.05, 3.63) is 0 Å². The van der Waals surface area contributed by atoms with Crippen LogP contribution in [-0.2, 0) is 0 Å². The number of nitrogens with zero attached hydrogens (tertiary/aromatic N) is 2. The summed E-state index contributed by atoms with van der Waals surface area (Å²) in [5, 5.41) is 9.45. The van der Waals surface area contributed by atoms with E-state index in [0.29, 0.717) is 0 Å². The van der Waals surface area contributed by atoms with Gasteiger partial charge >= 0.3 is 6.03 Å². The normalized spacial score (nSPS) is 34.8. The lowest BCUT2D eigenvalue weighted by atomic mass is 9.95. The molecule has 0 aliphatic carbocycles. The minimum absolute atomic E-state index is 0.128. The number of carbonyl (C=O) groups is 1. The van der Waals surface area contributed by atoms with Crippen LogP contribution in [0.4, 0.5) is 4.79 Å². The molecular formula is C9H16N2O2. The lowest BCUT2D eigenvalue weighted by Gasteiger charge is -2.44. The van der Waals surface area contributed by atoms with Gasteiger partial charge in [0.15, 0.2) is 0 Å². The van der Waals surface area contributed by atoms with Gasteiger partial charge in [-0.05, 0) is 19.3 Å². The fraction of sp³-hybridized carbons (Fsp3) is 0.889. The Morgan fingerprint density at radius 3 is 2.92 bits per heavy atom. The molecule has 0 aromatic heterocycles. The summed E-state index contributed by atoms with van der Waals surface area (Å²) >= 11 is 0. The Morgan fingerprint density at radius 2 is 2.15 bits per heavy atom. The lowest BCUT2D eigenvalue weighted by molar-refractivity contribution is 0.0291. The predicted molar refractivity (Wildman–Crippen MR) is 48.4 cm³/mol. The van der Waals surface area contributed by atoms with Crippen molar-refractivity contribution in [3.8, 4) is 0 Å². The second-order valence-corrected chi connectivity index (χ2v) is 4.02. The van der Waals surface area contributed by atoms with Crippen molar-refractivity contribution in [2.24, 2.45) is 0 Å². The van der Waals surface area contributed by atoms with Crippen LogP contribution in [0, 0.1) is 0 Å². The second-order valence-electron chi connectivity index (χ2n) is 4.02. The highest BCUT2D eigenvalue weighted by Crippen LogP contribution is 2.24. The van der Waals surface area contributed by atoms with Gasteiger partial charge in [-0.15, -0.1) is 0 Å². The van der Waals surface area contributed by atoms with Gasteiger partial charge in [-0.2, -0.15) is 0 Å². The summed E-state index contributed by atoms with van der Waals surface area (Å²) in [5.74, 6) is 0. The second kappa shape index (κ2) is 3.18. The molecule has 4 nitrogen and oxygen atoms in total. The van der Waals surface area contributed by atoms with Crippen molar-refractivity contribution in [2.75, 3.05) is 20.1 Å². The van der Waals surface area contributed by atoms with Crippen LogP contribution in [0.25, 0.3) is 0 Å². The zero-order valence-corrected chi connectivity index (χ0v) is 7.94. The van der Waals surface area contributed by atoms with Crippen molar-refractivity contribution in [1.29, 1.82) is 0 Å². The highest BCUT2D eigenvalue weighted by molar-refractivity contribution is 5.75. The van der Waals surface area contributed by atoms with Crippen molar-refractivity contribution in [3.63, 3.8) is 0 Å². The van der Waals surface area contributed by atoms with E-state index >= 15 is 0 Å². The number of aliphatic hydroxyl groups is 1. The third-order valence-corrected chi connectivity index (χ3v) is 3.06. The zero-order chi connectivity index (χ0) is 9.42. The number of rotatable bonds is 0. The Kier molecular flexibility index (Phi) is 2.15. The molecule has 1 N–H and O–H groups in total. The minimum atomic E-state index is -0.197. The Labute approximate surface area is 78.1 Å². The molecule has 0 spiro atoms. The molecule has 0 radical (unpaired) electrons. The minimum Gasteiger partial charge on any atom is -0.393 e. The number of urea groups is 1. The smallest absolute Gasteiger partial charge is 0.319 e. The van der Waals surface area contributed by atoms with Gasteiger partial charge in [-0.25, -0.2) is 4.79 Å². The molecule has 13 heavy (non-hydrogen) atoms. The van der Waals surface area contributed by atoms with Crippen LogP contribution >= 0.6 is 0 Å². The van der Waals surface area contributed by atoms with Gasteiger partial charge in [0.1, 0.15) is 0 Å². The Bertz CT molecular complexity index is 220. The molecule has 2 fully saturated rings. The quantitative estimate of drug-likeness (QED) is 0.587. The number of hydrogen-bond donors (Lipinski definition) is 1. The van der Waals surface area contributed by atoms with Crippen LogP contribution in [0.15, 0.2) is 0 Å². The number of piperidine rings is 1. The summed E-state index contributed by atoms with van der Waals surface area (Å²) in [6.07, 6.45) is 2.30. The molecule has 4 heteroatoms. The molecule has 2 rings (SSSR count). The molecule has 0 bridgehead atoms. The monoisotopic (exact) mass is 184 g/mol. The van der Waals surface area contributed by atoms with Gasteiger partial charge in [0.05, 0.1) is 6.10 Å². The number of amides is 2. The third-order valence-electron chi connectivity index (χ3n) is 3.06. The zero-order valence-electron chi connectivity index (χ0n) is 7.94. The van der Waals surface area contributed by atoms with E-state index in [-0.39, 0.29) is 18.2 Å². The maximum absolute atomic E-state index is 11.6. The van der Waals surface area contributed by atoms with Crippen LogP contribution in [0.3, 0.4) is 0 Å². The van der Waals surface area contributed by atoms with Crippen LogP contribution < -0.4 is 0 Å². The first kappa shape index (κ1) is 8.81. The van der Waals surface area contributed by atoms with Crippen LogP contribution in [-0.4, -0.2) is 53.2 Å². The molecule has 2 aliphatic rings. The average Bonchev–Trinajstić information content (AvgIpc) is 2.12. The van der Waals surface area contributed by atoms with Crippen molar-refractivity contribution in [1.82, 2.24) is 9.80 Å². The highest BCUT2D eigenvalue weighted by Gasteiger charge is 2.35. The highest BCUT2D eigenvalue weighted by atomic mass is 16.3. The Morgan fingerprint density at radius 1 is 1.38 bits per heavy atom. The summed E-state index contributed by atoms with van der Waals surface area (Å²) in [6.45, 7) is 1.54. The van der Waals surface area contributed by atoms with Crippen molar-refractivity contribution in [2.45, 2.75) is 31.4 Å². The first-order valence-electron chi connectivity index (χ1n) is 4.88. The predicted octanol–water partition coefficient (Wildman–Crippen LogP) is 0.267. The van der Waals surface area contributed by atoms with E-state index in [9.17, 15) is 9.90 Å². The molecule has 2 unspecified atom stereocenters. The SMILES string of the molecule is CN1CCC2CC(O)CCN2C1=O. The van der Waals surface area contributed by atoms with E-state index in [1.54, 1.807) is 4.90 Å². The number of carbonyl (C=O) groups excluding carboxylic acids is 1. The maximum atomic E-state index is 11.6. The van der Waals surface area contributed by atoms with Gasteiger partial charge in [0, 0.05) is 26.2 Å². The fourth-order valence-corrected chi connectivity index (χ4v) is 2.21. The standard InChI is InChI=1S/C9H16N2O2/c1-10-4-2-7-6-8(12)3-5-11(7)9(10)13/h7-8,12H,2-6H2,1H3. The molecule has 2 atom stereocenters. The van der Waals surface area contributed by atoms with E-state index in [0.717, 1.165) is 32.4 Å². The summed E-state index contributed by atoms with van der Waals surface area (Å²) in [4.78, 5) is 15.3. The first-order valence-corrected chi connectivity index (χ1v) is 4.88. The van der Waals surface area contributed by atoms with Crippen LogP contribution in [0.2, 0.25) is 0 Å². The third kappa shape index (κ3) is 1.50. The maximum Gasteiger partial charge on any atom is 0.319 e. The lowest BCUT2D eigenvalue weighted by Crippen LogP contribution is -2.56. The molecule has 0 saturated carbocycles. The Hall–Kier alpha value is -0.770. The van der Waals surface area contributed by atoms with E-state index in [4.69, 9.17) is 0 Å². The fourth-order valence-electron chi connectivity index (χ4n) is 2.21. The Balaban J connectivity index is 2.06. The van der Waals surface area contributed by atoms with Crippen LogP contribution in [0.5, 0.6) is 0 Å². The van der Waals surface area contributed by atoms with Gasteiger partial charge in [0.2, 0.25) is 0 Å². The summed E-state index contributed by atoms with van der Waals surface area (Å²) in [5.41, 5.74) is 0. The number of fused-ring (bicyclic) bond motifs is 1. The van der Waals surface area contributed by atoms with Crippen LogP contribution in [0.1, 0.15) is 19.3 Å². The molecule has 2 saturated heterocycles. The van der Waals surface area contributed by atoms with Gasteiger partial charge in [-0.3, -0.25) is 0 Å².